The SMILES string of the molecule is Cc1cc(Cl)cc2c1CNC2=O. The van der Waals surface area contributed by atoms with Gasteiger partial charge in [0, 0.05) is 17.1 Å². The Bertz CT molecular complexity index is 360. The molecular formula is C9H8ClNO. The number of hydrogen-bond acceptors (Lipinski definition) is 1. The van der Waals surface area contributed by atoms with E-state index in [4.69, 9.17) is 11.6 Å². The second-order valence-corrected chi connectivity index (χ2v) is 3.37. The quantitative estimate of drug-likeness (QED) is 0.651. The first kappa shape index (κ1) is 7.62. The summed E-state index contributed by atoms with van der Waals surface area (Å²) in [7, 11) is 0. The molecule has 62 valence electrons. The van der Waals surface area contributed by atoms with Gasteiger partial charge in [-0.3, -0.25) is 4.79 Å². The van der Waals surface area contributed by atoms with Gasteiger partial charge in [-0.2, -0.15) is 0 Å². The molecule has 3 heteroatoms. The number of benzene rings is 1. The summed E-state index contributed by atoms with van der Waals surface area (Å²) in [6.07, 6.45) is 0. The Morgan fingerprint density at radius 2 is 2.25 bits per heavy atom. The molecule has 0 spiro atoms. The maximum atomic E-state index is 11.2. The molecule has 1 aliphatic heterocycles. The third kappa shape index (κ3) is 0.994. The van der Waals surface area contributed by atoms with Crippen LogP contribution < -0.4 is 5.32 Å². The number of aryl methyl sites for hydroxylation is 1. The van der Waals surface area contributed by atoms with Crippen molar-refractivity contribution < 1.29 is 4.79 Å². The number of hydrogen-bond donors (Lipinski definition) is 1. The normalized spacial score (nSPS) is 14.3. The van der Waals surface area contributed by atoms with Gasteiger partial charge >= 0.3 is 0 Å². The van der Waals surface area contributed by atoms with Gasteiger partial charge in [0.05, 0.1) is 0 Å². The number of carbonyl (C=O) groups is 1. The minimum atomic E-state index is -0.0180. The Morgan fingerprint density at radius 1 is 1.50 bits per heavy atom. The fourth-order valence-corrected chi connectivity index (χ4v) is 1.75. The number of amides is 1. The topological polar surface area (TPSA) is 29.1 Å². The van der Waals surface area contributed by atoms with Crippen LogP contribution in [0.2, 0.25) is 5.02 Å². The molecule has 2 nitrogen and oxygen atoms in total. The molecule has 1 N–H and O–H groups in total. The number of halogens is 1. The van der Waals surface area contributed by atoms with Gasteiger partial charge in [-0.15, -0.1) is 0 Å². The number of carbonyl (C=O) groups excluding carboxylic acids is 1. The molecule has 2 rings (SSSR count). The molecule has 0 aromatic heterocycles. The molecule has 0 atom stereocenters. The van der Waals surface area contributed by atoms with Crippen LogP contribution in [0, 0.1) is 6.92 Å². The fraction of sp³-hybridized carbons (Fsp3) is 0.222. The first-order valence-electron chi connectivity index (χ1n) is 3.75. The Labute approximate surface area is 75.5 Å². The second kappa shape index (κ2) is 2.49. The summed E-state index contributed by atoms with van der Waals surface area (Å²) in [5.41, 5.74) is 2.88. The third-order valence-corrected chi connectivity index (χ3v) is 2.33. The van der Waals surface area contributed by atoms with Gasteiger partial charge in [0.1, 0.15) is 0 Å². The average molecular weight is 182 g/mol. The monoisotopic (exact) mass is 181 g/mol. The van der Waals surface area contributed by atoms with E-state index in [2.05, 4.69) is 5.32 Å². The van der Waals surface area contributed by atoms with Crippen molar-refractivity contribution in [2.45, 2.75) is 13.5 Å². The minimum absolute atomic E-state index is 0.0180. The molecule has 0 saturated carbocycles. The highest BCUT2D eigenvalue weighted by Gasteiger charge is 2.20. The molecule has 1 heterocycles. The standard InChI is InChI=1S/C9H8ClNO/c1-5-2-6(10)3-7-8(5)4-11-9(7)12/h2-3H,4H2,1H3,(H,11,12). The van der Waals surface area contributed by atoms with Gasteiger partial charge in [-0.05, 0) is 30.2 Å². The van der Waals surface area contributed by atoms with Crippen molar-refractivity contribution in [3.8, 4) is 0 Å². The predicted octanol–water partition coefficient (Wildman–Crippen LogP) is 1.89. The lowest BCUT2D eigenvalue weighted by atomic mass is 10.0. The van der Waals surface area contributed by atoms with E-state index < -0.39 is 0 Å². The lowest BCUT2D eigenvalue weighted by molar-refractivity contribution is 0.0966. The van der Waals surface area contributed by atoms with Crippen molar-refractivity contribution in [3.05, 3.63) is 33.8 Å². The van der Waals surface area contributed by atoms with Crippen molar-refractivity contribution in [1.82, 2.24) is 5.32 Å². The zero-order valence-electron chi connectivity index (χ0n) is 6.65. The van der Waals surface area contributed by atoms with Crippen LogP contribution >= 0.6 is 11.6 Å². The second-order valence-electron chi connectivity index (χ2n) is 2.93. The summed E-state index contributed by atoms with van der Waals surface area (Å²) in [5.74, 6) is -0.0180. The maximum absolute atomic E-state index is 11.2. The van der Waals surface area contributed by atoms with E-state index in [9.17, 15) is 4.79 Å². The lowest BCUT2D eigenvalue weighted by Crippen LogP contribution is -2.12. The number of rotatable bonds is 0. The summed E-state index contributed by atoms with van der Waals surface area (Å²) >= 11 is 5.81. The Kier molecular flexibility index (Phi) is 1.58. The van der Waals surface area contributed by atoms with Gasteiger partial charge in [-0.1, -0.05) is 11.6 Å². The summed E-state index contributed by atoms with van der Waals surface area (Å²) in [5, 5.41) is 3.38. The summed E-state index contributed by atoms with van der Waals surface area (Å²) in [4.78, 5) is 11.2. The Hall–Kier alpha value is -1.02. The molecular weight excluding hydrogens is 174 g/mol. The van der Waals surface area contributed by atoms with Crippen molar-refractivity contribution >= 4 is 17.5 Å². The number of nitrogens with one attached hydrogen (secondary N) is 1. The van der Waals surface area contributed by atoms with Gasteiger partial charge in [-0.25, -0.2) is 0 Å². The van der Waals surface area contributed by atoms with Gasteiger partial charge in [0.25, 0.3) is 5.91 Å². The van der Waals surface area contributed by atoms with Gasteiger partial charge in [0.2, 0.25) is 0 Å². The zero-order chi connectivity index (χ0) is 8.72. The summed E-state index contributed by atoms with van der Waals surface area (Å²) in [6, 6.07) is 3.59. The van der Waals surface area contributed by atoms with Crippen molar-refractivity contribution in [2.75, 3.05) is 0 Å². The highest BCUT2D eigenvalue weighted by atomic mass is 35.5. The first-order valence-corrected chi connectivity index (χ1v) is 4.13. The zero-order valence-corrected chi connectivity index (χ0v) is 7.40. The minimum Gasteiger partial charge on any atom is -0.348 e. The van der Waals surface area contributed by atoms with Gasteiger partial charge in [0.15, 0.2) is 0 Å². The maximum Gasteiger partial charge on any atom is 0.251 e. The van der Waals surface area contributed by atoms with E-state index in [1.165, 1.54) is 0 Å². The molecule has 1 aliphatic rings. The Morgan fingerprint density at radius 3 is 3.00 bits per heavy atom. The Balaban J connectivity index is 2.68. The molecule has 1 aromatic carbocycles. The predicted molar refractivity (Wildman–Crippen MR) is 47.4 cm³/mol. The van der Waals surface area contributed by atoms with E-state index in [1.54, 1.807) is 6.07 Å². The van der Waals surface area contributed by atoms with Crippen molar-refractivity contribution in [3.63, 3.8) is 0 Å². The highest BCUT2D eigenvalue weighted by molar-refractivity contribution is 6.31. The first-order chi connectivity index (χ1) is 5.68. The smallest absolute Gasteiger partial charge is 0.251 e. The molecule has 0 saturated heterocycles. The number of fused-ring (bicyclic) bond motifs is 1. The van der Waals surface area contributed by atoms with Gasteiger partial charge < -0.3 is 5.32 Å². The van der Waals surface area contributed by atoms with Crippen LogP contribution in [0.1, 0.15) is 21.5 Å². The van der Waals surface area contributed by atoms with Crippen LogP contribution in [-0.2, 0) is 6.54 Å². The van der Waals surface area contributed by atoms with E-state index in [1.807, 2.05) is 13.0 Å². The van der Waals surface area contributed by atoms with Crippen LogP contribution in [0.3, 0.4) is 0 Å². The van der Waals surface area contributed by atoms with E-state index >= 15 is 0 Å². The highest BCUT2D eigenvalue weighted by Crippen LogP contribution is 2.23. The van der Waals surface area contributed by atoms with Crippen LogP contribution in [0.15, 0.2) is 12.1 Å². The molecule has 0 aliphatic carbocycles. The fourth-order valence-electron chi connectivity index (χ4n) is 1.47. The summed E-state index contributed by atoms with van der Waals surface area (Å²) < 4.78 is 0. The molecule has 12 heavy (non-hydrogen) atoms. The average Bonchev–Trinajstić information content (AvgIpc) is 2.33. The molecule has 0 bridgehead atoms. The van der Waals surface area contributed by atoms with Crippen LogP contribution in [-0.4, -0.2) is 5.91 Å². The van der Waals surface area contributed by atoms with Crippen LogP contribution in [0.4, 0.5) is 0 Å². The largest absolute Gasteiger partial charge is 0.348 e. The van der Waals surface area contributed by atoms with Crippen molar-refractivity contribution in [1.29, 1.82) is 0 Å². The lowest BCUT2D eigenvalue weighted by Gasteiger charge is -2.00. The van der Waals surface area contributed by atoms with E-state index in [0.717, 1.165) is 16.7 Å². The summed E-state index contributed by atoms with van der Waals surface area (Å²) in [6.45, 7) is 2.60. The van der Waals surface area contributed by atoms with Crippen LogP contribution in [0.5, 0.6) is 0 Å². The third-order valence-electron chi connectivity index (χ3n) is 2.11. The molecule has 1 amide bonds. The van der Waals surface area contributed by atoms with E-state index in [0.29, 0.717) is 11.6 Å². The molecule has 0 fully saturated rings. The molecule has 1 aromatic rings. The van der Waals surface area contributed by atoms with E-state index in [-0.39, 0.29) is 5.91 Å². The molecule has 0 radical (unpaired) electrons. The molecule has 0 unspecified atom stereocenters. The van der Waals surface area contributed by atoms with Crippen molar-refractivity contribution in [2.24, 2.45) is 0 Å². The van der Waals surface area contributed by atoms with Crippen LogP contribution in [0.25, 0.3) is 0 Å².